The molecule has 702 valence electrons. The molecule has 5 atom stereocenters. The van der Waals surface area contributed by atoms with Crippen molar-refractivity contribution in [2.75, 3.05) is 108 Å². The number of nitrogens with zero attached hydrogens (tertiary/aromatic N) is 22. The number of aromatic nitrogens is 17. The highest BCUT2D eigenvalue weighted by Crippen LogP contribution is 2.36. The number of amides is 5. The lowest BCUT2D eigenvalue weighted by Crippen LogP contribution is -2.39. The summed E-state index contributed by atoms with van der Waals surface area (Å²) in [7, 11) is 0.598. The van der Waals surface area contributed by atoms with Crippen LogP contribution < -0.4 is 24.5 Å². The minimum atomic E-state index is -4.74. The second kappa shape index (κ2) is 52.6. The number of unbranched alkanes of at least 4 members (excludes halogenated alkanes) is 2. The smallest absolute Gasteiger partial charge is 0.311 e. The van der Waals surface area contributed by atoms with Crippen LogP contribution in [0.3, 0.4) is 0 Å². The molecule has 0 saturated carbocycles. The van der Waals surface area contributed by atoms with Crippen LogP contribution in [0.1, 0.15) is 84.3 Å². The Hall–Kier alpha value is -9.54. The molecular weight excluding hydrogens is 1920 g/mol. The molecule has 11 aromatic heterocycles. The number of carbonyl (C=O) groups excluding carboxylic acids is 5. The Morgan fingerprint density at radius 1 is 0.477 bits per heavy atom. The van der Waals surface area contributed by atoms with Crippen LogP contribution in [0.25, 0.3) is 28.4 Å². The third kappa shape index (κ3) is 33.0. The lowest BCUT2D eigenvalue weighted by Gasteiger charge is -2.24. The van der Waals surface area contributed by atoms with Gasteiger partial charge in [0.05, 0.1) is 115 Å². The Morgan fingerprint density at radius 3 is 1.20 bits per heavy atom. The molecular formula is C81H90Cl5F11N22O6S5. The van der Waals surface area contributed by atoms with E-state index in [1.807, 2.05) is 51.7 Å². The van der Waals surface area contributed by atoms with Crippen molar-refractivity contribution in [3.63, 3.8) is 0 Å². The number of alkyl halides is 11. The van der Waals surface area contributed by atoms with E-state index in [9.17, 15) is 76.5 Å². The molecule has 28 nitrogen and oxygen atoms in total. The number of pyridine rings is 5. The van der Waals surface area contributed by atoms with Gasteiger partial charge in [-0.3, -0.25) is 61.9 Å². The van der Waals surface area contributed by atoms with E-state index in [-0.39, 0.29) is 108 Å². The molecule has 0 fully saturated rings. The van der Waals surface area contributed by atoms with E-state index in [2.05, 4.69) is 60.4 Å². The first-order valence-corrected chi connectivity index (χ1v) is 47.6. The standard InChI is InChI=1S/C17H14ClF3N6OS.C17H20ClF3N4OS.C17H22ClFN4OS.C16H20ClFN4OS.C14H14ClF3N4O2S/c1-26(12-10-27(25-15(12)18)11-3-2-6-22-9-11)14(28)5-8-29-16-23-7-4-13(24-16)17(19,20)21;1-12(27-2)9-15(26)24(8-4-6-17(19,20)21)14-11-25(23-16(14)18)13-5-3-7-22-10-13;1-13(12-25-2)17(24)22(9-4-3-7-19)15-11-23(21-16(15)18)14-6-5-8-20-10-14;1-12(24-2)16(23)21(9-4-3-7-18)14-11-22(20-15(14)17)13-6-5-8-19-10-13;1-21(12(23)6-11(25(2)24)14(16,17)18)10-8-22(20-13(10)15)9-4-3-5-19-7-9/h2-4,6-7,9-10H,5,8H2,1H3;3,5,7,10-12H,4,6,8-9H2,1-2H3;5-6,8,10-11,13H,3-4,7,9,12H2,1-2H3;5-6,8,10-12H,3-4,7,9H2,1-2H3;3-5,7-8,11H,6H2,1-2H3. The fourth-order valence-electron chi connectivity index (χ4n) is 11.4. The first-order valence-electron chi connectivity index (χ1n) is 39.1. The zero-order valence-electron chi connectivity index (χ0n) is 71.1. The normalized spacial score (nSPS) is 12.5. The van der Waals surface area contributed by atoms with Gasteiger partial charge < -0.3 is 24.5 Å². The number of rotatable bonds is 36. The second-order valence-electron chi connectivity index (χ2n) is 27.8. The highest BCUT2D eigenvalue weighted by Gasteiger charge is 2.45. The van der Waals surface area contributed by atoms with Crippen LogP contribution in [0.4, 0.5) is 76.7 Å². The van der Waals surface area contributed by atoms with Crippen molar-refractivity contribution in [3.05, 3.63) is 197 Å². The average molecular weight is 2010 g/mol. The van der Waals surface area contributed by atoms with Gasteiger partial charge in [-0.25, -0.2) is 33.4 Å². The van der Waals surface area contributed by atoms with Gasteiger partial charge in [0.25, 0.3) is 0 Å². The number of halogens is 16. The minimum Gasteiger partial charge on any atom is -0.311 e. The van der Waals surface area contributed by atoms with Crippen molar-refractivity contribution in [2.45, 2.75) is 118 Å². The van der Waals surface area contributed by atoms with E-state index in [0.717, 1.165) is 46.6 Å². The van der Waals surface area contributed by atoms with E-state index < -0.39 is 72.4 Å². The average Bonchev–Trinajstić information content (AvgIpc) is 1.68. The molecule has 0 N–H and O–H groups in total. The van der Waals surface area contributed by atoms with Crippen molar-refractivity contribution in [1.29, 1.82) is 0 Å². The molecule has 11 aromatic rings. The fourth-order valence-corrected chi connectivity index (χ4v) is 15.4. The highest BCUT2D eigenvalue weighted by atomic mass is 35.5. The maximum atomic E-state index is 12.9. The van der Waals surface area contributed by atoms with E-state index in [1.54, 1.807) is 161 Å². The van der Waals surface area contributed by atoms with Gasteiger partial charge in [-0.15, -0.1) is 0 Å². The van der Waals surface area contributed by atoms with Crippen molar-refractivity contribution < 1.29 is 76.5 Å². The monoisotopic (exact) mass is 2010 g/mol. The van der Waals surface area contributed by atoms with Gasteiger partial charge in [0.1, 0.15) is 39.4 Å². The molecule has 0 aliphatic carbocycles. The van der Waals surface area contributed by atoms with Crippen molar-refractivity contribution in [2.24, 2.45) is 5.92 Å². The zero-order chi connectivity index (χ0) is 95.6. The fraction of sp³-hybridized carbons (Fsp3) is 0.395. The molecule has 130 heavy (non-hydrogen) atoms. The zero-order valence-corrected chi connectivity index (χ0v) is 79.0. The van der Waals surface area contributed by atoms with Gasteiger partial charge in [-0.05, 0) is 125 Å². The largest absolute Gasteiger partial charge is 0.433 e. The van der Waals surface area contributed by atoms with Crippen molar-refractivity contribution in [3.8, 4) is 28.4 Å². The number of anilines is 5. The number of hydrogen-bond acceptors (Lipinski definition) is 22. The van der Waals surface area contributed by atoms with Gasteiger partial charge in [0.2, 0.25) is 29.5 Å². The molecule has 49 heteroatoms. The summed E-state index contributed by atoms with van der Waals surface area (Å²) in [5, 5.41) is 19.0. The SMILES string of the molecule is CN(C(=O)CC(S(C)=O)C(F)(F)F)c1cn(-c2cccnc2)nc1Cl.CN(C(=O)CCSc1nccc(C(F)(F)F)n1)c1cn(-c2cccnc2)nc1Cl.CSC(C)C(=O)N(CCCCF)c1cn(-c2cccnc2)nc1Cl.CSC(C)CC(=O)N(CCCC(F)(F)F)c1cn(-c2cccnc2)nc1Cl.CSCC(C)C(=O)N(CCCCF)c1cn(-c2cccnc2)nc1Cl. The summed E-state index contributed by atoms with van der Waals surface area (Å²) in [5.74, 6) is -0.756. The summed E-state index contributed by atoms with van der Waals surface area (Å²) in [4.78, 5) is 96.9. The Bertz CT molecular complexity index is 5400. The maximum absolute atomic E-state index is 12.9. The van der Waals surface area contributed by atoms with Crippen molar-refractivity contribution in [1.82, 2.24) is 83.8 Å². The van der Waals surface area contributed by atoms with Crippen LogP contribution in [-0.4, -0.2) is 229 Å². The Kier molecular flexibility index (Phi) is 43.5. The summed E-state index contributed by atoms with van der Waals surface area (Å²) < 4.78 is 158. The molecule has 0 aromatic carbocycles. The van der Waals surface area contributed by atoms with Gasteiger partial charge in [0, 0.05) is 130 Å². The van der Waals surface area contributed by atoms with Crippen LogP contribution in [-0.2, 0) is 40.9 Å². The lowest BCUT2D eigenvalue weighted by molar-refractivity contribution is -0.141. The number of thioether (sulfide) groups is 4. The van der Waals surface area contributed by atoms with E-state index >= 15 is 0 Å². The van der Waals surface area contributed by atoms with Crippen LogP contribution >= 0.6 is 105 Å². The molecule has 5 amide bonds. The number of carbonyl (C=O) groups is 5. The second-order valence-corrected chi connectivity index (χ2v) is 35.6. The summed E-state index contributed by atoms with van der Waals surface area (Å²) in [5.41, 5.74) is 4.27. The maximum Gasteiger partial charge on any atom is 0.433 e. The predicted molar refractivity (Wildman–Crippen MR) is 490 cm³/mol. The Labute approximate surface area is 786 Å². The minimum absolute atomic E-state index is 0.0270. The molecule has 0 spiro atoms. The quantitative estimate of drug-likeness (QED) is 0.0152. The summed E-state index contributed by atoms with van der Waals surface area (Å²) in [6, 6.07) is 18.5. The van der Waals surface area contributed by atoms with Gasteiger partial charge in [-0.2, -0.15) is 100 Å². The number of hydrogen-bond donors (Lipinski definition) is 0. The predicted octanol–water partition coefficient (Wildman–Crippen LogP) is 19.0. The molecule has 5 unspecified atom stereocenters. The highest BCUT2D eigenvalue weighted by molar-refractivity contribution is 8.00. The van der Waals surface area contributed by atoms with Gasteiger partial charge in [0.15, 0.2) is 30.9 Å². The van der Waals surface area contributed by atoms with Crippen LogP contribution in [0.15, 0.2) is 171 Å². The van der Waals surface area contributed by atoms with Crippen molar-refractivity contribution >= 4 is 174 Å². The molecule has 11 heterocycles. The van der Waals surface area contributed by atoms with E-state index in [0.29, 0.717) is 84.3 Å². The summed E-state index contributed by atoms with van der Waals surface area (Å²) >= 11 is 36.5. The van der Waals surface area contributed by atoms with Gasteiger partial charge >= 0.3 is 18.5 Å². The Morgan fingerprint density at radius 2 is 0.854 bits per heavy atom. The third-order valence-corrected chi connectivity index (χ3v) is 24.5. The van der Waals surface area contributed by atoms with E-state index in [4.69, 9.17) is 58.0 Å². The Balaban J connectivity index is 0.000000223. The molecule has 0 aliphatic rings. The molecule has 0 saturated heterocycles. The molecule has 0 bridgehead atoms. The van der Waals surface area contributed by atoms with Crippen LogP contribution in [0.2, 0.25) is 25.8 Å². The molecule has 11 rings (SSSR count). The topological polar surface area (TPSA) is 298 Å². The molecule has 0 aliphatic heterocycles. The van der Waals surface area contributed by atoms with Gasteiger partial charge in [-0.1, -0.05) is 83.6 Å². The van der Waals surface area contributed by atoms with Crippen LogP contribution in [0, 0.1) is 5.92 Å². The van der Waals surface area contributed by atoms with Crippen LogP contribution in [0.5, 0.6) is 0 Å². The first-order chi connectivity index (χ1) is 61.7. The summed E-state index contributed by atoms with van der Waals surface area (Å²) in [6.07, 6.45) is 18.3. The molecule has 0 radical (unpaired) electrons. The first kappa shape index (κ1) is 107. The lowest BCUT2D eigenvalue weighted by atomic mass is 10.1. The summed E-state index contributed by atoms with van der Waals surface area (Å²) in [6.45, 7) is 5.56. The third-order valence-electron chi connectivity index (χ3n) is 18.4. The van der Waals surface area contributed by atoms with E-state index in [1.165, 1.54) is 73.0 Å².